The highest BCUT2D eigenvalue weighted by atomic mass is 16.6. The van der Waals surface area contributed by atoms with Gasteiger partial charge in [0.05, 0.1) is 0 Å². The van der Waals surface area contributed by atoms with E-state index in [1.807, 2.05) is 0 Å². The van der Waals surface area contributed by atoms with Crippen molar-refractivity contribution in [3.05, 3.63) is 35.3 Å². The Morgan fingerprint density at radius 2 is 2.00 bits per heavy atom. The minimum absolute atomic E-state index is 0.186. The lowest BCUT2D eigenvalue weighted by Crippen LogP contribution is -2.38. The van der Waals surface area contributed by atoms with E-state index in [4.69, 9.17) is 9.47 Å². The van der Waals surface area contributed by atoms with Crippen LogP contribution in [0, 0.1) is 6.92 Å². The highest BCUT2D eigenvalue weighted by molar-refractivity contribution is 6.02. The van der Waals surface area contributed by atoms with Gasteiger partial charge in [0.1, 0.15) is 29.4 Å². The summed E-state index contributed by atoms with van der Waals surface area (Å²) in [5.74, 6) is -2.90. The third-order valence-electron chi connectivity index (χ3n) is 3.05. The normalized spacial score (nSPS) is 21.5. The third kappa shape index (κ3) is 2.82. The molecule has 0 saturated heterocycles. The second kappa shape index (κ2) is 5.45. The van der Waals surface area contributed by atoms with Crippen LogP contribution in [-0.4, -0.2) is 39.3 Å². The van der Waals surface area contributed by atoms with Crippen molar-refractivity contribution < 1.29 is 34.4 Å². The quantitative estimate of drug-likeness (QED) is 0.690. The van der Waals surface area contributed by atoms with Crippen LogP contribution < -0.4 is 0 Å². The molecule has 1 aliphatic rings. The molecule has 0 saturated carbocycles. The van der Waals surface area contributed by atoms with Crippen LogP contribution in [0.1, 0.15) is 22.8 Å². The number of hydrogen-bond donors (Lipinski definition) is 3. The Morgan fingerprint density at radius 1 is 1.33 bits per heavy atom. The van der Waals surface area contributed by atoms with Gasteiger partial charge in [-0.3, -0.25) is 4.79 Å². The van der Waals surface area contributed by atoms with Gasteiger partial charge in [0.25, 0.3) is 0 Å². The molecule has 2 atom stereocenters. The van der Waals surface area contributed by atoms with Crippen molar-refractivity contribution in [3.8, 4) is 11.5 Å². The Kier molecular flexibility index (Phi) is 3.86. The maximum absolute atomic E-state index is 12.0. The van der Waals surface area contributed by atoms with Gasteiger partial charge < -0.3 is 24.8 Å². The first-order chi connectivity index (χ1) is 9.81. The van der Waals surface area contributed by atoms with Crippen molar-refractivity contribution in [1.29, 1.82) is 0 Å². The van der Waals surface area contributed by atoms with Crippen molar-refractivity contribution in [2.24, 2.45) is 0 Å². The Balaban J connectivity index is 2.25. The average Bonchev–Trinajstić information content (AvgIpc) is 2.38. The number of phenols is 2. The van der Waals surface area contributed by atoms with Gasteiger partial charge >= 0.3 is 5.97 Å². The molecular formula is C14H14O7. The zero-order valence-corrected chi connectivity index (χ0v) is 11.4. The fourth-order valence-corrected chi connectivity index (χ4v) is 1.90. The highest BCUT2D eigenvalue weighted by Crippen LogP contribution is 2.28. The summed E-state index contributed by atoms with van der Waals surface area (Å²) < 4.78 is 9.83. The van der Waals surface area contributed by atoms with Gasteiger partial charge in [-0.15, -0.1) is 0 Å². The molecule has 1 heterocycles. The largest absolute Gasteiger partial charge is 0.508 e. The van der Waals surface area contributed by atoms with Gasteiger partial charge in [-0.05, 0) is 25.5 Å². The van der Waals surface area contributed by atoms with Gasteiger partial charge in [-0.2, -0.15) is 0 Å². The predicted molar refractivity (Wildman–Crippen MR) is 69.6 cm³/mol. The molecule has 7 nitrogen and oxygen atoms in total. The van der Waals surface area contributed by atoms with Crippen LogP contribution in [0.5, 0.6) is 11.5 Å². The molecule has 0 radical (unpaired) electrons. The van der Waals surface area contributed by atoms with Gasteiger partial charge in [0.2, 0.25) is 11.5 Å². The van der Waals surface area contributed by atoms with E-state index in [1.54, 1.807) is 0 Å². The van der Waals surface area contributed by atoms with Crippen LogP contribution in [0.3, 0.4) is 0 Å². The first-order valence-electron chi connectivity index (χ1n) is 6.14. The second-order valence-electron chi connectivity index (χ2n) is 4.68. The zero-order valence-electron chi connectivity index (χ0n) is 11.4. The van der Waals surface area contributed by atoms with E-state index in [9.17, 15) is 24.9 Å². The summed E-state index contributed by atoms with van der Waals surface area (Å²) in [7, 11) is 0. The molecule has 1 aliphatic heterocycles. The van der Waals surface area contributed by atoms with E-state index in [0.29, 0.717) is 0 Å². The first kappa shape index (κ1) is 14.9. The van der Waals surface area contributed by atoms with Crippen LogP contribution in [0.15, 0.2) is 24.2 Å². The summed E-state index contributed by atoms with van der Waals surface area (Å²) in [4.78, 5) is 23.8. The van der Waals surface area contributed by atoms with Gasteiger partial charge in [0, 0.05) is 6.07 Å². The van der Waals surface area contributed by atoms with Crippen LogP contribution >= 0.6 is 0 Å². The van der Waals surface area contributed by atoms with E-state index in [0.717, 1.165) is 12.3 Å². The molecule has 3 N–H and O–H groups in total. The number of carbonyl (C=O) groups is 2. The lowest BCUT2D eigenvalue weighted by molar-refractivity contribution is -0.135. The minimum atomic E-state index is -1.42. The van der Waals surface area contributed by atoms with Crippen LogP contribution in [0.4, 0.5) is 0 Å². The Hall–Kier alpha value is -2.54. The molecule has 0 fully saturated rings. The Morgan fingerprint density at radius 3 is 2.62 bits per heavy atom. The van der Waals surface area contributed by atoms with Gasteiger partial charge in [-0.1, -0.05) is 0 Å². The van der Waals surface area contributed by atoms with E-state index in [-0.39, 0.29) is 16.9 Å². The predicted octanol–water partition coefficient (Wildman–Crippen LogP) is 0.753. The van der Waals surface area contributed by atoms with Crippen molar-refractivity contribution in [2.75, 3.05) is 0 Å². The van der Waals surface area contributed by atoms with Crippen molar-refractivity contribution in [2.45, 2.75) is 26.1 Å². The molecule has 0 unspecified atom stereocenters. The number of carbonyl (C=O) groups excluding carboxylic acids is 2. The molecule has 0 bridgehead atoms. The summed E-state index contributed by atoms with van der Waals surface area (Å²) in [6.07, 6.45) is -1.21. The van der Waals surface area contributed by atoms with Crippen LogP contribution in [-0.2, 0) is 14.3 Å². The molecule has 7 heteroatoms. The topological polar surface area (TPSA) is 113 Å². The molecule has 21 heavy (non-hydrogen) atoms. The number of aliphatic hydroxyl groups is 1. The number of aromatic hydroxyl groups is 2. The summed E-state index contributed by atoms with van der Waals surface area (Å²) in [5, 5.41) is 28.5. The number of aliphatic hydroxyl groups excluding tert-OH is 1. The number of ketones is 1. The molecule has 1 aromatic rings. The van der Waals surface area contributed by atoms with Gasteiger partial charge in [-0.25, -0.2) is 4.79 Å². The molecule has 2 rings (SSSR count). The fourth-order valence-electron chi connectivity index (χ4n) is 1.90. The molecule has 0 spiro atoms. The highest BCUT2D eigenvalue weighted by Gasteiger charge is 2.34. The maximum atomic E-state index is 12.0. The summed E-state index contributed by atoms with van der Waals surface area (Å²) in [6, 6.07) is 2.24. The first-order valence-corrected chi connectivity index (χ1v) is 6.14. The molecular weight excluding hydrogens is 280 g/mol. The zero-order chi connectivity index (χ0) is 15.7. The van der Waals surface area contributed by atoms with E-state index < -0.39 is 35.5 Å². The summed E-state index contributed by atoms with van der Waals surface area (Å²) in [5.41, 5.74) is 0.0887. The molecule has 0 aliphatic carbocycles. The van der Waals surface area contributed by atoms with Crippen LogP contribution in [0.2, 0.25) is 0 Å². The van der Waals surface area contributed by atoms with E-state index in [2.05, 4.69) is 0 Å². The number of phenolic OH excluding ortho intramolecular Hbond substituents is 2. The van der Waals surface area contributed by atoms with Crippen molar-refractivity contribution in [1.82, 2.24) is 0 Å². The lowest BCUT2D eigenvalue weighted by Gasteiger charge is -2.23. The van der Waals surface area contributed by atoms with Gasteiger partial charge in [0.15, 0.2) is 6.10 Å². The molecule has 0 amide bonds. The molecule has 0 aromatic heterocycles. The number of esters is 1. The summed E-state index contributed by atoms with van der Waals surface area (Å²) >= 11 is 0. The third-order valence-corrected chi connectivity index (χ3v) is 3.05. The number of rotatable bonds is 2. The lowest BCUT2D eigenvalue weighted by atomic mass is 10.1. The SMILES string of the molecule is Cc1cc(O)cc(O)c1C(=O)OC1=CO[C@H](C)[C@@H](O)C1=O. The Bertz CT molecular complexity index is 609. The molecule has 112 valence electrons. The average molecular weight is 294 g/mol. The number of benzene rings is 1. The molecule has 1 aromatic carbocycles. The van der Waals surface area contributed by atoms with E-state index in [1.165, 1.54) is 19.9 Å². The number of ether oxygens (including phenoxy) is 2. The second-order valence-corrected chi connectivity index (χ2v) is 4.68. The monoisotopic (exact) mass is 294 g/mol. The van der Waals surface area contributed by atoms with Crippen LogP contribution in [0.25, 0.3) is 0 Å². The van der Waals surface area contributed by atoms with E-state index >= 15 is 0 Å². The maximum Gasteiger partial charge on any atom is 0.347 e. The number of Topliss-reactive ketones (excluding diaryl/α,β-unsaturated/α-hetero) is 1. The fraction of sp³-hybridized carbons (Fsp3) is 0.286. The number of aryl methyl sites for hydroxylation is 1. The van der Waals surface area contributed by atoms with Crippen molar-refractivity contribution in [3.63, 3.8) is 0 Å². The minimum Gasteiger partial charge on any atom is -0.508 e. The smallest absolute Gasteiger partial charge is 0.347 e. The van der Waals surface area contributed by atoms with Crippen molar-refractivity contribution >= 4 is 11.8 Å². The number of hydrogen-bond acceptors (Lipinski definition) is 7. The standard InChI is InChI=1S/C14H14O7/c1-6-3-8(15)4-9(16)11(6)14(19)21-10-5-20-7(2)12(17)13(10)18/h3-5,7,12,15-17H,1-2H3/t7-,12-/m1/s1. The summed E-state index contributed by atoms with van der Waals surface area (Å²) in [6.45, 7) is 2.98. The Labute approximate surface area is 120 Å².